The summed E-state index contributed by atoms with van der Waals surface area (Å²) in [6.07, 6.45) is 0.650. The van der Waals surface area contributed by atoms with Crippen molar-refractivity contribution in [3.8, 4) is 5.88 Å². The summed E-state index contributed by atoms with van der Waals surface area (Å²) >= 11 is 0. The number of hydrogen-bond donors (Lipinski definition) is 2. The monoisotopic (exact) mass is 258 g/mol. The highest BCUT2D eigenvalue weighted by molar-refractivity contribution is 5.37. The van der Waals surface area contributed by atoms with Crippen LogP contribution in [0.5, 0.6) is 5.88 Å². The van der Waals surface area contributed by atoms with Crippen molar-refractivity contribution in [3.05, 3.63) is 47.8 Å². The quantitative estimate of drug-likeness (QED) is 0.636. The van der Waals surface area contributed by atoms with Gasteiger partial charge in [0, 0.05) is 12.5 Å². The van der Waals surface area contributed by atoms with Gasteiger partial charge in [0.25, 0.3) is 0 Å². The molecule has 100 valence electrons. The molecule has 5 heteroatoms. The molecule has 0 radical (unpaired) electrons. The minimum Gasteiger partial charge on any atom is -0.470 e. The minimum atomic E-state index is -0.0774. The second kappa shape index (κ2) is 6.15. The van der Waals surface area contributed by atoms with Crippen molar-refractivity contribution in [2.75, 3.05) is 5.43 Å². The summed E-state index contributed by atoms with van der Waals surface area (Å²) in [7, 11) is 0. The van der Waals surface area contributed by atoms with Gasteiger partial charge in [-0.1, -0.05) is 37.3 Å². The fraction of sp³-hybridized carbons (Fsp3) is 0.286. The molecule has 0 aliphatic heterocycles. The zero-order valence-electron chi connectivity index (χ0n) is 11.1. The Bertz CT molecular complexity index is 508. The Kier molecular flexibility index (Phi) is 4.30. The van der Waals surface area contributed by atoms with Crippen LogP contribution in [0.15, 0.2) is 36.4 Å². The van der Waals surface area contributed by atoms with Crippen LogP contribution in [0.4, 0.5) is 5.82 Å². The average molecular weight is 258 g/mol. The van der Waals surface area contributed by atoms with Crippen molar-refractivity contribution >= 4 is 5.82 Å². The molecule has 1 heterocycles. The predicted octanol–water partition coefficient (Wildman–Crippen LogP) is 2.46. The Morgan fingerprint density at radius 1 is 1.26 bits per heavy atom. The molecule has 0 aliphatic carbocycles. The molecule has 1 atom stereocenters. The lowest BCUT2D eigenvalue weighted by molar-refractivity contribution is 0.216. The zero-order chi connectivity index (χ0) is 13.7. The molecular weight excluding hydrogens is 240 g/mol. The fourth-order valence-corrected chi connectivity index (χ4v) is 1.74. The molecule has 2 aromatic rings. The van der Waals surface area contributed by atoms with Crippen LogP contribution in [0.3, 0.4) is 0 Å². The molecule has 2 rings (SSSR count). The number of nitrogens with zero attached hydrogens (tertiary/aromatic N) is 2. The van der Waals surface area contributed by atoms with Crippen LogP contribution in [-0.2, 0) is 6.42 Å². The molecule has 0 spiro atoms. The SMILES string of the molecule is CCc1nc(NN)cc(OC(C)c2ccccc2)n1. The number of nitrogen functional groups attached to an aromatic ring is 1. The summed E-state index contributed by atoms with van der Waals surface area (Å²) < 4.78 is 5.84. The second-order valence-corrected chi connectivity index (χ2v) is 4.18. The molecule has 0 bridgehead atoms. The Balaban J connectivity index is 2.18. The molecule has 0 fully saturated rings. The van der Waals surface area contributed by atoms with Crippen molar-refractivity contribution in [2.24, 2.45) is 5.84 Å². The van der Waals surface area contributed by atoms with Gasteiger partial charge in [0.1, 0.15) is 17.7 Å². The van der Waals surface area contributed by atoms with Crippen LogP contribution < -0.4 is 16.0 Å². The molecule has 1 unspecified atom stereocenters. The Hall–Kier alpha value is -2.14. The van der Waals surface area contributed by atoms with Crippen LogP contribution in [-0.4, -0.2) is 9.97 Å². The second-order valence-electron chi connectivity index (χ2n) is 4.18. The van der Waals surface area contributed by atoms with E-state index in [1.54, 1.807) is 6.07 Å². The smallest absolute Gasteiger partial charge is 0.219 e. The maximum absolute atomic E-state index is 5.84. The molecule has 3 N–H and O–H groups in total. The van der Waals surface area contributed by atoms with E-state index in [4.69, 9.17) is 10.6 Å². The van der Waals surface area contributed by atoms with E-state index in [2.05, 4.69) is 15.4 Å². The van der Waals surface area contributed by atoms with Crippen molar-refractivity contribution < 1.29 is 4.74 Å². The molecule has 1 aromatic carbocycles. The van der Waals surface area contributed by atoms with Gasteiger partial charge in [0.05, 0.1) is 0 Å². The van der Waals surface area contributed by atoms with E-state index >= 15 is 0 Å². The Labute approximate surface area is 112 Å². The van der Waals surface area contributed by atoms with E-state index in [1.807, 2.05) is 44.2 Å². The van der Waals surface area contributed by atoms with Gasteiger partial charge in [0.15, 0.2) is 0 Å². The minimum absolute atomic E-state index is 0.0774. The number of nitrogens with one attached hydrogen (secondary N) is 1. The molecule has 0 aliphatic rings. The van der Waals surface area contributed by atoms with Crippen LogP contribution in [0.25, 0.3) is 0 Å². The van der Waals surface area contributed by atoms with Gasteiger partial charge in [-0.25, -0.2) is 10.8 Å². The number of hydrogen-bond acceptors (Lipinski definition) is 5. The number of benzene rings is 1. The van der Waals surface area contributed by atoms with Gasteiger partial charge < -0.3 is 10.2 Å². The van der Waals surface area contributed by atoms with Crippen LogP contribution in [0.1, 0.15) is 31.3 Å². The summed E-state index contributed by atoms with van der Waals surface area (Å²) in [5.41, 5.74) is 3.62. The third-order valence-corrected chi connectivity index (χ3v) is 2.78. The maximum Gasteiger partial charge on any atom is 0.219 e. The lowest BCUT2D eigenvalue weighted by Gasteiger charge is -2.15. The van der Waals surface area contributed by atoms with Gasteiger partial charge in [-0.05, 0) is 12.5 Å². The topological polar surface area (TPSA) is 73.1 Å². The van der Waals surface area contributed by atoms with E-state index in [0.29, 0.717) is 17.5 Å². The first kappa shape index (κ1) is 13.3. The fourth-order valence-electron chi connectivity index (χ4n) is 1.74. The van der Waals surface area contributed by atoms with E-state index in [0.717, 1.165) is 12.0 Å². The standard InChI is InChI=1S/C14H18N4O/c1-3-12-16-13(18-15)9-14(17-12)19-10(2)11-7-5-4-6-8-11/h4-10H,3,15H2,1-2H3,(H,16,17,18). The molecule has 1 aromatic heterocycles. The first-order valence-corrected chi connectivity index (χ1v) is 6.29. The Morgan fingerprint density at radius 2 is 2.00 bits per heavy atom. The van der Waals surface area contributed by atoms with Gasteiger partial charge in [-0.3, -0.25) is 0 Å². The number of aromatic nitrogens is 2. The maximum atomic E-state index is 5.84. The summed E-state index contributed by atoms with van der Waals surface area (Å²) in [5.74, 6) is 7.17. The molecule has 0 saturated carbocycles. The van der Waals surface area contributed by atoms with Gasteiger partial charge >= 0.3 is 0 Å². The first-order valence-electron chi connectivity index (χ1n) is 6.29. The van der Waals surface area contributed by atoms with Crippen LogP contribution in [0.2, 0.25) is 0 Å². The van der Waals surface area contributed by atoms with Crippen molar-refractivity contribution in [2.45, 2.75) is 26.4 Å². The third-order valence-electron chi connectivity index (χ3n) is 2.78. The summed E-state index contributed by atoms with van der Waals surface area (Å²) in [6.45, 7) is 3.97. The van der Waals surface area contributed by atoms with Crippen molar-refractivity contribution in [1.82, 2.24) is 9.97 Å². The lowest BCUT2D eigenvalue weighted by Crippen LogP contribution is -2.12. The van der Waals surface area contributed by atoms with Crippen LogP contribution >= 0.6 is 0 Å². The number of rotatable bonds is 5. The van der Waals surface area contributed by atoms with Crippen LogP contribution in [0, 0.1) is 0 Å². The summed E-state index contributed by atoms with van der Waals surface area (Å²) in [4.78, 5) is 8.56. The van der Waals surface area contributed by atoms with E-state index in [9.17, 15) is 0 Å². The molecule has 0 amide bonds. The Morgan fingerprint density at radius 3 is 2.63 bits per heavy atom. The molecule has 0 saturated heterocycles. The van der Waals surface area contributed by atoms with Gasteiger partial charge in [-0.15, -0.1) is 0 Å². The van der Waals surface area contributed by atoms with Gasteiger partial charge in [-0.2, -0.15) is 4.98 Å². The highest BCUT2D eigenvalue weighted by Crippen LogP contribution is 2.21. The highest BCUT2D eigenvalue weighted by Gasteiger charge is 2.10. The normalized spacial score (nSPS) is 11.9. The third kappa shape index (κ3) is 3.42. The summed E-state index contributed by atoms with van der Waals surface area (Å²) in [6, 6.07) is 11.7. The van der Waals surface area contributed by atoms with E-state index in [-0.39, 0.29) is 6.10 Å². The number of ether oxygens (including phenoxy) is 1. The average Bonchev–Trinajstić information content (AvgIpc) is 2.47. The summed E-state index contributed by atoms with van der Waals surface area (Å²) in [5, 5.41) is 0. The van der Waals surface area contributed by atoms with Crippen molar-refractivity contribution in [1.29, 1.82) is 0 Å². The predicted molar refractivity (Wildman–Crippen MR) is 74.7 cm³/mol. The van der Waals surface area contributed by atoms with E-state index in [1.165, 1.54) is 0 Å². The number of nitrogens with two attached hydrogens (primary N) is 1. The lowest BCUT2D eigenvalue weighted by atomic mass is 10.1. The number of aryl methyl sites for hydroxylation is 1. The number of hydrazine groups is 1. The largest absolute Gasteiger partial charge is 0.470 e. The van der Waals surface area contributed by atoms with Gasteiger partial charge in [0.2, 0.25) is 5.88 Å². The highest BCUT2D eigenvalue weighted by atomic mass is 16.5. The molecular formula is C14H18N4O. The van der Waals surface area contributed by atoms with Crippen molar-refractivity contribution in [3.63, 3.8) is 0 Å². The first-order chi connectivity index (χ1) is 9.22. The van der Waals surface area contributed by atoms with E-state index < -0.39 is 0 Å². The number of anilines is 1. The zero-order valence-corrected chi connectivity index (χ0v) is 11.1. The molecule has 19 heavy (non-hydrogen) atoms. The molecule has 5 nitrogen and oxygen atoms in total.